The number of carbonyl (C=O) groups is 1. The molecule has 0 bridgehead atoms. The number of nitrogens with one attached hydrogen (secondary N) is 2. The second-order valence-electron chi connectivity index (χ2n) is 6.58. The zero-order valence-electron chi connectivity index (χ0n) is 15.5. The number of non-ortho nitro benzene ring substituents is 1. The lowest BCUT2D eigenvalue weighted by atomic mass is 10.0. The van der Waals surface area contributed by atoms with Crippen molar-refractivity contribution in [3.05, 3.63) is 63.7 Å². The highest BCUT2D eigenvalue weighted by atomic mass is 19.4. The topological polar surface area (TPSA) is 84.3 Å². The molecule has 0 saturated heterocycles. The van der Waals surface area contributed by atoms with Crippen molar-refractivity contribution >= 4 is 23.0 Å². The van der Waals surface area contributed by atoms with E-state index >= 15 is 0 Å². The van der Waals surface area contributed by atoms with Crippen molar-refractivity contribution in [3.8, 4) is 0 Å². The smallest absolute Gasteiger partial charge is 0.374 e. The van der Waals surface area contributed by atoms with Crippen molar-refractivity contribution < 1.29 is 22.9 Å². The first-order valence-corrected chi connectivity index (χ1v) is 8.52. The molecule has 0 spiro atoms. The highest BCUT2D eigenvalue weighted by molar-refractivity contribution is 5.97. The second-order valence-corrected chi connectivity index (χ2v) is 6.58. The number of benzene rings is 2. The van der Waals surface area contributed by atoms with Crippen LogP contribution >= 0.6 is 0 Å². The molecule has 0 saturated carbocycles. The van der Waals surface area contributed by atoms with E-state index in [2.05, 4.69) is 10.6 Å². The minimum absolute atomic E-state index is 0.186. The van der Waals surface area contributed by atoms with Gasteiger partial charge in [-0.25, -0.2) is 0 Å². The predicted octanol–water partition coefficient (Wildman–Crippen LogP) is 5.18. The molecule has 2 rings (SSSR count). The normalized spacial score (nSPS) is 12.5. The minimum Gasteiger partial charge on any atom is -0.374 e. The van der Waals surface area contributed by atoms with Crippen LogP contribution in [-0.2, 0) is 11.0 Å². The molecule has 2 N–H and O–H groups in total. The average Bonchev–Trinajstić information content (AvgIpc) is 2.61. The molecule has 2 aromatic rings. The van der Waals surface area contributed by atoms with Gasteiger partial charge >= 0.3 is 6.18 Å². The van der Waals surface area contributed by atoms with Crippen LogP contribution in [0.15, 0.2) is 42.5 Å². The van der Waals surface area contributed by atoms with Crippen molar-refractivity contribution in [2.24, 2.45) is 0 Å². The van der Waals surface area contributed by atoms with Gasteiger partial charge in [0, 0.05) is 17.8 Å². The fraction of sp³-hybridized carbons (Fsp3) is 0.316. The maximum Gasteiger partial charge on any atom is 0.418 e. The maximum absolute atomic E-state index is 13.2. The zero-order chi connectivity index (χ0) is 21.1. The number of halogens is 3. The van der Waals surface area contributed by atoms with Gasteiger partial charge in [0.2, 0.25) is 5.91 Å². The number of carbonyl (C=O) groups excluding carboxylic acids is 1. The lowest BCUT2D eigenvalue weighted by Gasteiger charge is -2.20. The van der Waals surface area contributed by atoms with Crippen LogP contribution in [0.25, 0.3) is 0 Å². The molecule has 0 aromatic heterocycles. The number of alkyl halides is 3. The van der Waals surface area contributed by atoms with Crippen LogP contribution in [0.2, 0.25) is 0 Å². The van der Waals surface area contributed by atoms with Crippen molar-refractivity contribution in [1.29, 1.82) is 0 Å². The Morgan fingerprint density at radius 3 is 2.29 bits per heavy atom. The van der Waals surface area contributed by atoms with E-state index in [-0.39, 0.29) is 5.92 Å². The number of anilines is 2. The number of para-hydroxylation sites is 1. The van der Waals surface area contributed by atoms with Gasteiger partial charge in [-0.15, -0.1) is 0 Å². The fourth-order valence-corrected chi connectivity index (χ4v) is 2.66. The molecule has 150 valence electrons. The number of rotatable bonds is 6. The molecule has 28 heavy (non-hydrogen) atoms. The van der Waals surface area contributed by atoms with Crippen LogP contribution in [-0.4, -0.2) is 16.9 Å². The van der Waals surface area contributed by atoms with E-state index in [0.29, 0.717) is 11.8 Å². The van der Waals surface area contributed by atoms with Gasteiger partial charge in [0.15, 0.2) is 0 Å². The van der Waals surface area contributed by atoms with Crippen LogP contribution in [0.4, 0.5) is 30.2 Å². The van der Waals surface area contributed by atoms with E-state index in [1.54, 1.807) is 12.1 Å². The Bertz CT molecular complexity index is 882. The number of nitro groups is 1. The lowest BCUT2D eigenvalue weighted by Crippen LogP contribution is -2.33. The Labute approximate surface area is 159 Å². The fourth-order valence-electron chi connectivity index (χ4n) is 2.66. The summed E-state index contributed by atoms with van der Waals surface area (Å²) in [5.74, 6) is -0.511. The number of hydrogen-bond acceptors (Lipinski definition) is 4. The summed E-state index contributed by atoms with van der Waals surface area (Å²) in [6, 6.07) is 8.69. The Balaban J connectivity index is 2.24. The Morgan fingerprint density at radius 1 is 1.07 bits per heavy atom. The van der Waals surface area contributed by atoms with Crippen LogP contribution in [0, 0.1) is 10.1 Å². The average molecular weight is 395 g/mol. The lowest BCUT2D eigenvalue weighted by molar-refractivity contribution is -0.385. The molecular weight excluding hydrogens is 375 g/mol. The van der Waals surface area contributed by atoms with Crippen molar-refractivity contribution in [1.82, 2.24) is 0 Å². The van der Waals surface area contributed by atoms with Crippen LogP contribution in [0.3, 0.4) is 0 Å². The van der Waals surface area contributed by atoms with Crippen LogP contribution in [0.5, 0.6) is 0 Å². The van der Waals surface area contributed by atoms with E-state index < -0.39 is 40.0 Å². The standard InChI is InChI=1S/C19H20F3N3O3/c1-11(2)14-6-4-5-7-16(14)23-12(3)18(26)24-17-9-8-13(25(27)28)10-15(17)19(20,21)22/h4-12,23H,1-3H3,(H,24,26)/t12-/m0/s1. The van der Waals surface area contributed by atoms with E-state index in [4.69, 9.17) is 0 Å². The molecular formula is C19H20F3N3O3. The molecule has 0 aliphatic heterocycles. The van der Waals surface area contributed by atoms with Gasteiger partial charge in [0.05, 0.1) is 16.2 Å². The summed E-state index contributed by atoms with van der Waals surface area (Å²) in [4.78, 5) is 22.3. The SMILES string of the molecule is CC(C)c1ccccc1N[C@@H](C)C(=O)Nc1ccc([N+](=O)[O-])cc1C(F)(F)F. The molecule has 0 heterocycles. The molecule has 9 heteroatoms. The summed E-state index contributed by atoms with van der Waals surface area (Å²) in [6.45, 7) is 5.49. The highest BCUT2D eigenvalue weighted by Crippen LogP contribution is 2.37. The van der Waals surface area contributed by atoms with Gasteiger partial charge in [-0.2, -0.15) is 13.2 Å². The van der Waals surface area contributed by atoms with E-state index in [1.165, 1.54) is 6.92 Å². The van der Waals surface area contributed by atoms with Gasteiger partial charge in [0.1, 0.15) is 6.04 Å². The van der Waals surface area contributed by atoms with Gasteiger partial charge in [-0.3, -0.25) is 14.9 Å². The summed E-state index contributed by atoms with van der Waals surface area (Å²) in [5.41, 5.74) is -0.838. The van der Waals surface area contributed by atoms with Crippen molar-refractivity contribution in [3.63, 3.8) is 0 Å². The van der Waals surface area contributed by atoms with E-state index in [0.717, 1.165) is 17.7 Å². The number of nitrogens with zero attached hydrogens (tertiary/aromatic N) is 1. The monoisotopic (exact) mass is 395 g/mol. The number of nitro benzene ring substituents is 1. The molecule has 0 radical (unpaired) electrons. The summed E-state index contributed by atoms with van der Waals surface area (Å²) in [6.07, 6.45) is -4.85. The summed E-state index contributed by atoms with van der Waals surface area (Å²) in [7, 11) is 0. The number of amides is 1. The largest absolute Gasteiger partial charge is 0.418 e. The van der Waals surface area contributed by atoms with Crippen molar-refractivity contribution in [2.75, 3.05) is 10.6 Å². The van der Waals surface area contributed by atoms with Gasteiger partial charge in [0.25, 0.3) is 5.69 Å². The first-order valence-electron chi connectivity index (χ1n) is 8.52. The predicted molar refractivity (Wildman–Crippen MR) is 100 cm³/mol. The summed E-state index contributed by atoms with van der Waals surface area (Å²) in [5, 5.41) is 16.0. The minimum atomic E-state index is -4.85. The second kappa shape index (κ2) is 8.28. The molecule has 0 aliphatic carbocycles. The molecule has 0 fully saturated rings. The van der Waals surface area contributed by atoms with Crippen molar-refractivity contribution in [2.45, 2.75) is 38.9 Å². The third-order valence-electron chi connectivity index (χ3n) is 4.13. The highest BCUT2D eigenvalue weighted by Gasteiger charge is 2.36. The third-order valence-corrected chi connectivity index (χ3v) is 4.13. The van der Waals surface area contributed by atoms with Gasteiger partial charge in [-0.1, -0.05) is 32.0 Å². The molecule has 6 nitrogen and oxygen atoms in total. The maximum atomic E-state index is 13.2. The first kappa shape index (κ1) is 21.2. The molecule has 2 aromatic carbocycles. The molecule has 1 amide bonds. The summed E-state index contributed by atoms with van der Waals surface area (Å²) < 4.78 is 39.7. The zero-order valence-corrected chi connectivity index (χ0v) is 15.5. The Hall–Kier alpha value is -3.10. The molecule has 0 aliphatic rings. The third kappa shape index (κ3) is 4.99. The molecule has 0 unspecified atom stereocenters. The van der Waals surface area contributed by atoms with E-state index in [1.807, 2.05) is 26.0 Å². The Morgan fingerprint density at radius 2 is 1.71 bits per heavy atom. The van der Waals surface area contributed by atoms with E-state index in [9.17, 15) is 28.1 Å². The number of hydrogen-bond donors (Lipinski definition) is 2. The van der Waals surface area contributed by atoms with Gasteiger partial charge in [-0.05, 0) is 30.5 Å². The first-order chi connectivity index (χ1) is 13.0. The molecule has 1 atom stereocenters. The van der Waals surface area contributed by atoms with Crippen LogP contribution < -0.4 is 10.6 Å². The summed E-state index contributed by atoms with van der Waals surface area (Å²) >= 11 is 0. The van der Waals surface area contributed by atoms with Crippen LogP contribution in [0.1, 0.15) is 37.8 Å². The Kier molecular flexibility index (Phi) is 6.27. The quantitative estimate of drug-likeness (QED) is 0.522. The van der Waals surface area contributed by atoms with Gasteiger partial charge < -0.3 is 10.6 Å².